The third-order valence-electron chi connectivity index (χ3n) is 3.09. The highest BCUT2D eigenvalue weighted by molar-refractivity contribution is 5.68. The van der Waals surface area contributed by atoms with E-state index in [1.54, 1.807) is 20.8 Å². The van der Waals surface area contributed by atoms with Crippen LogP contribution in [0.4, 0.5) is 13.6 Å². The first-order chi connectivity index (χ1) is 9.99. The van der Waals surface area contributed by atoms with Crippen LogP contribution in [0.15, 0.2) is 18.2 Å². The molecular formula is C15H21F2NO4. The lowest BCUT2D eigenvalue weighted by molar-refractivity contribution is -0.0500. The summed E-state index contributed by atoms with van der Waals surface area (Å²) in [5.74, 6) is -1.83. The highest BCUT2D eigenvalue weighted by atomic mass is 19.1. The maximum Gasteiger partial charge on any atom is 0.407 e. The second kappa shape index (κ2) is 6.58. The maximum atomic E-state index is 13.8. The van der Waals surface area contributed by atoms with Gasteiger partial charge in [-0.15, -0.1) is 0 Å². The van der Waals surface area contributed by atoms with Crippen molar-refractivity contribution in [3.05, 3.63) is 35.4 Å². The lowest BCUT2D eigenvalue weighted by Gasteiger charge is -2.34. The number of benzene rings is 1. The van der Waals surface area contributed by atoms with Gasteiger partial charge in [0.2, 0.25) is 0 Å². The number of carbonyl (C=O) groups is 1. The third kappa shape index (κ3) is 4.38. The molecule has 1 aromatic carbocycles. The molecule has 124 valence electrons. The summed E-state index contributed by atoms with van der Waals surface area (Å²) >= 11 is 0. The molecule has 0 radical (unpaired) electrons. The predicted molar refractivity (Wildman–Crippen MR) is 76.2 cm³/mol. The van der Waals surface area contributed by atoms with Crippen molar-refractivity contribution in [3.63, 3.8) is 0 Å². The highest BCUT2D eigenvalue weighted by Gasteiger charge is 2.39. The van der Waals surface area contributed by atoms with E-state index in [1.165, 1.54) is 6.92 Å². The quantitative estimate of drug-likeness (QED) is 0.794. The van der Waals surface area contributed by atoms with Gasteiger partial charge >= 0.3 is 6.09 Å². The molecule has 0 spiro atoms. The summed E-state index contributed by atoms with van der Waals surface area (Å²) < 4.78 is 31.8. The summed E-state index contributed by atoms with van der Waals surface area (Å²) in [5, 5.41) is 22.3. The SMILES string of the molecule is C[C@@H](NC(=O)OC(C)(C)C)[C@](O)(CO)c1ccc(F)cc1F. The molecule has 1 aromatic rings. The number of nitrogens with one attached hydrogen (secondary N) is 1. The number of ether oxygens (including phenoxy) is 1. The van der Waals surface area contributed by atoms with Crippen molar-refractivity contribution in [1.29, 1.82) is 0 Å². The summed E-state index contributed by atoms with van der Waals surface area (Å²) in [6.07, 6.45) is -0.825. The number of aliphatic hydroxyl groups is 2. The molecule has 0 heterocycles. The Hall–Kier alpha value is -1.73. The average molecular weight is 317 g/mol. The van der Waals surface area contributed by atoms with Crippen LogP contribution in [0.3, 0.4) is 0 Å². The van der Waals surface area contributed by atoms with Crippen LogP contribution in [0.2, 0.25) is 0 Å². The molecule has 0 aromatic heterocycles. The fourth-order valence-electron chi connectivity index (χ4n) is 1.90. The summed E-state index contributed by atoms with van der Waals surface area (Å²) in [7, 11) is 0. The zero-order chi connectivity index (χ0) is 17.1. The number of alkyl carbamates (subject to hydrolysis) is 1. The summed E-state index contributed by atoms with van der Waals surface area (Å²) in [6.45, 7) is 5.49. The Balaban J connectivity index is 2.99. The molecule has 0 bridgehead atoms. The molecule has 0 unspecified atom stereocenters. The fourth-order valence-corrected chi connectivity index (χ4v) is 1.90. The molecule has 0 aliphatic rings. The number of hydrogen-bond donors (Lipinski definition) is 3. The lowest BCUT2D eigenvalue weighted by atomic mass is 9.87. The van der Waals surface area contributed by atoms with Crippen molar-refractivity contribution >= 4 is 6.09 Å². The Morgan fingerprint density at radius 3 is 2.41 bits per heavy atom. The van der Waals surface area contributed by atoms with Crippen molar-refractivity contribution in [3.8, 4) is 0 Å². The van der Waals surface area contributed by atoms with E-state index in [9.17, 15) is 23.8 Å². The van der Waals surface area contributed by atoms with E-state index < -0.39 is 41.6 Å². The van der Waals surface area contributed by atoms with Gasteiger partial charge in [-0.25, -0.2) is 13.6 Å². The van der Waals surface area contributed by atoms with E-state index in [-0.39, 0.29) is 5.56 Å². The minimum absolute atomic E-state index is 0.319. The summed E-state index contributed by atoms with van der Waals surface area (Å²) in [5.41, 5.74) is -3.18. The van der Waals surface area contributed by atoms with Crippen LogP contribution in [-0.2, 0) is 10.3 Å². The topological polar surface area (TPSA) is 78.8 Å². The van der Waals surface area contributed by atoms with Crippen molar-refractivity contribution < 1.29 is 28.5 Å². The largest absolute Gasteiger partial charge is 0.444 e. The standard InChI is InChI=1S/C15H21F2NO4/c1-9(18-13(20)22-14(2,3)4)15(21,8-19)11-6-5-10(16)7-12(11)17/h5-7,9,19,21H,8H2,1-4H3,(H,18,20)/t9-,15-/m1/s1. The van der Waals surface area contributed by atoms with Crippen molar-refractivity contribution in [2.45, 2.75) is 44.9 Å². The number of rotatable bonds is 4. The zero-order valence-corrected chi connectivity index (χ0v) is 13.0. The molecule has 0 saturated carbocycles. The Bertz CT molecular complexity index is 545. The molecule has 5 nitrogen and oxygen atoms in total. The average Bonchev–Trinajstić information content (AvgIpc) is 2.35. The Kier molecular flexibility index (Phi) is 5.48. The van der Waals surface area contributed by atoms with Crippen molar-refractivity contribution in [2.75, 3.05) is 6.61 Å². The van der Waals surface area contributed by atoms with Crippen LogP contribution in [0.5, 0.6) is 0 Å². The van der Waals surface area contributed by atoms with Gasteiger partial charge < -0.3 is 20.3 Å². The van der Waals surface area contributed by atoms with Gasteiger partial charge in [-0.3, -0.25) is 0 Å². The van der Waals surface area contributed by atoms with Crippen LogP contribution in [-0.4, -0.2) is 34.6 Å². The van der Waals surface area contributed by atoms with Gasteiger partial charge in [-0.2, -0.15) is 0 Å². The van der Waals surface area contributed by atoms with Crippen molar-refractivity contribution in [1.82, 2.24) is 5.32 Å². The van der Waals surface area contributed by atoms with Gasteiger partial charge in [0.1, 0.15) is 22.8 Å². The fraction of sp³-hybridized carbons (Fsp3) is 0.533. The van der Waals surface area contributed by atoms with E-state index in [0.717, 1.165) is 12.1 Å². The molecule has 2 atom stereocenters. The highest BCUT2D eigenvalue weighted by Crippen LogP contribution is 2.28. The molecule has 1 rings (SSSR count). The normalized spacial score (nSPS) is 15.8. The lowest BCUT2D eigenvalue weighted by Crippen LogP contribution is -2.52. The maximum absolute atomic E-state index is 13.8. The smallest absolute Gasteiger partial charge is 0.407 e. The Morgan fingerprint density at radius 2 is 1.95 bits per heavy atom. The second-order valence-corrected chi connectivity index (χ2v) is 6.07. The number of carbonyl (C=O) groups excluding carboxylic acids is 1. The minimum Gasteiger partial charge on any atom is -0.444 e. The Labute approximate surface area is 127 Å². The van der Waals surface area contributed by atoms with Gasteiger partial charge in [0.05, 0.1) is 12.6 Å². The summed E-state index contributed by atoms with van der Waals surface area (Å²) in [4.78, 5) is 11.7. The first kappa shape index (κ1) is 18.3. The molecule has 7 heteroatoms. The molecule has 0 aliphatic carbocycles. The van der Waals surface area contributed by atoms with Gasteiger partial charge in [0, 0.05) is 11.6 Å². The predicted octanol–water partition coefficient (Wildman–Crippen LogP) is 2.06. The zero-order valence-electron chi connectivity index (χ0n) is 13.0. The third-order valence-corrected chi connectivity index (χ3v) is 3.09. The number of aliphatic hydroxyl groups excluding tert-OH is 1. The van der Waals surface area contributed by atoms with E-state index >= 15 is 0 Å². The van der Waals surface area contributed by atoms with Crippen LogP contribution in [0.25, 0.3) is 0 Å². The molecular weight excluding hydrogens is 296 g/mol. The van der Waals surface area contributed by atoms with Gasteiger partial charge in [-0.1, -0.05) is 6.07 Å². The molecule has 0 fully saturated rings. The van der Waals surface area contributed by atoms with Crippen LogP contribution < -0.4 is 5.32 Å². The molecule has 0 saturated heterocycles. The molecule has 3 N–H and O–H groups in total. The minimum atomic E-state index is -2.12. The molecule has 0 aliphatic heterocycles. The second-order valence-electron chi connectivity index (χ2n) is 6.07. The molecule has 1 amide bonds. The van der Waals surface area contributed by atoms with Crippen LogP contribution >= 0.6 is 0 Å². The van der Waals surface area contributed by atoms with Crippen LogP contribution in [0.1, 0.15) is 33.3 Å². The van der Waals surface area contributed by atoms with E-state index in [1.807, 2.05) is 0 Å². The van der Waals surface area contributed by atoms with Gasteiger partial charge in [-0.05, 0) is 33.8 Å². The van der Waals surface area contributed by atoms with Gasteiger partial charge in [0.25, 0.3) is 0 Å². The first-order valence-corrected chi connectivity index (χ1v) is 6.78. The number of hydrogen-bond acceptors (Lipinski definition) is 4. The number of amides is 1. The molecule has 22 heavy (non-hydrogen) atoms. The van der Waals surface area contributed by atoms with E-state index in [4.69, 9.17) is 4.74 Å². The first-order valence-electron chi connectivity index (χ1n) is 6.78. The monoisotopic (exact) mass is 317 g/mol. The van der Waals surface area contributed by atoms with Gasteiger partial charge in [0.15, 0.2) is 0 Å². The Morgan fingerprint density at radius 1 is 1.36 bits per heavy atom. The summed E-state index contributed by atoms with van der Waals surface area (Å²) in [6, 6.07) is 1.50. The van der Waals surface area contributed by atoms with Crippen LogP contribution in [0, 0.1) is 11.6 Å². The number of halogens is 2. The van der Waals surface area contributed by atoms with E-state index in [2.05, 4.69) is 5.32 Å². The van der Waals surface area contributed by atoms with E-state index in [0.29, 0.717) is 6.07 Å². The van der Waals surface area contributed by atoms with Crippen molar-refractivity contribution in [2.24, 2.45) is 0 Å².